The molecule has 0 aliphatic carbocycles. The molecule has 0 bridgehead atoms. The Morgan fingerprint density at radius 2 is 2.17 bits per heavy atom. The van der Waals surface area contributed by atoms with Gasteiger partial charge in [-0.1, -0.05) is 30.3 Å². The lowest BCUT2D eigenvalue weighted by Gasteiger charge is -2.35. The smallest absolute Gasteiger partial charge is 0.158 e. The van der Waals surface area contributed by atoms with Crippen molar-refractivity contribution in [3.05, 3.63) is 41.1 Å². The Hall–Kier alpha value is -1.96. The van der Waals surface area contributed by atoms with E-state index >= 15 is 0 Å². The fraction of sp³-hybridized carbons (Fsp3) is 0.294. The van der Waals surface area contributed by atoms with Gasteiger partial charge < -0.3 is 15.4 Å². The number of ether oxygens (including phenoxy) is 1. The Kier molecular flexibility index (Phi) is 4.22. The van der Waals surface area contributed by atoms with E-state index < -0.39 is 0 Å². The third-order valence-corrected chi connectivity index (χ3v) is 4.89. The molecule has 1 aliphatic rings. The van der Waals surface area contributed by atoms with Gasteiger partial charge in [-0.25, -0.2) is 4.98 Å². The van der Waals surface area contributed by atoms with Gasteiger partial charge in [0.25, 0.3) is 0 Å². The van der Waals surface area contributed by atoms with Gasteiger partial charge in [-0.15, -0.1) is 0 Å². The first-order chi connectivity index (χ1) is 11.8. The van der Waals surface area contributed by atoms with Crippen molar-refractivity contribution in [1.82, 2.24) is 15.2 Å². The number of fused-ring (bicyclic) bond motifs is 1. The quantitative estimate of drug-likeness (QED) is 0.721. The summed E-state index contributed by atoms with van der Waals surface area (Å²) in [7, 11) is 0. The van der Waals surface area contributed by atoms with E-state index in [2.05, 4.69) is 48.1 Å². The second kappa shape index (κ2) is 6.51. The molecule has 3 heterocycles. The Balaban J connectivity index is 1.91. The van der Waals surface area contributed by atoms with Crippen LogP contribution < -0.4 is 10.6 Å². The summed E-state index contributed by atoms with van der Waals surface area (Å²) in [5, 5.41) is 8.25. The number of rotatable bonds is 3. The van der Waals surface area contributed by atoms with Crippen LogP contribution in [0.25, 0.3) is 22.2 Å². The van der Waals surface area contributed by atoms with Gasteiger partial charge in [0.2, 0.25) is 0 Å². The molecule has 3 N–H and O–H groups in total. The third kappa shape index (κ3) is 2.68. The number of nitrogens with two attached hydrogens (primary N) is 1. The molecule has 0 amide bonds. The molecule has 0 radical (unpaired) electrons. The van der Waals surface area contributed by atoms with E-state index in [4.69, 9.17) is 10.5 Å². The van der Waals surface area contributed by atoms with Crippen LogP contribution in [0.5, 0.6) is 0 Å². The zero-order valence-electron chi connectivity index (χ0n) is 13.1. The standard InChI is InChI=1S/C17H18BrN5O/c18-16-14-15(23-6-7-24-12(8-19)10-23)13(9-20-17(14)22-21-16)11-4-2-1-3-5-11/h1-5,9,12H,6-8,10,19H2,(H,20,21,22). The normalized spacial score (nSPS) is 18.2. The number of aromatic nitrogens is 3. The van der Waals surface area contributed by atoms with Crippen LogP contribution in [0.2, 0.25) is 0 Å². The number of benzene rings is 1. The van der Waals surface area contributed by atoms with Crippen molar-refractivity contribution in [2.75, 3.05) is 31.1 Å². The lowest BCUT2D eigenvalue weighted by molar-refractivity contribution is 0.0467. The van der Waals surface area contributed by atoms with Crippen molar-refractivity contribution in [3.63, 3.8) is 0 Å². The second-order valence-electron chi connectivity index (χ2n) is 5.80. The molecule has 124 valence electrons. The number of morpholine rings is 1. The van der Waals surface area contributed by atoms with E-state index in [1.807, 2.05) is 24.4 Å². The number of pyridine rings is 1. The topological polar surface area (TPSA) is 80.1 Å². The van der Waals surface area contributed by atoms with Gasteiger partial charge in [-0.2, -0.15) is 5.10 Å². The highest BCUT2D eigenvalue weighted by atomic mass is 79.9. The van der Waals surface area contributed by atoms with E-state index in [9.17, 15) is 0 Å². The average Bonchev–Trinajstić information content (AvgIpc) is 3.03. The predicted molar refractivity (Wildman–Crippen MR) is 98.0 cm³/mol. The van der Waals surface area contributed by atoms with Crippen LogP contribution in [-0.2, 0) is 4.74 Å². The molecular formula is C17H18BrN5O. The van der Waals surface area contributed by atoms with Crippen LogP contribution in [-0.4, -0.2) is 47.5 Å². The number of hydrogen-bond donors (Lipinski definition) is 2. The van der Waals surface area contributed by atoms with E-state index in [1.54, 1.807) is 0 Å². The fourth-order valence-electron chi connectivity index (χ4n) is 3.16. The minimum Gasteiger partial charge on any atom is -0.373 e. The molecule has 7 heteroatoms. The Morgan fingerprint density at radius 3 is 2.96 bits per heavy atom. The first kappa shape index (κ1) is 15.6. The second-order valence-corrected chi connectivity index (χ2v) is 6.55. The third-order valence-electron chi connectivity index (χ3n) is 4.32. The molecular weight excluding hydrogens is 370 g/mol. The van der Waals surface area contributed by atoms with Gasteiger partial charge in [0, 0.05) is 31.4 Å². The zero-order valence-corrected chi connectivity index (χ0v) is 14.7. The summed E-state index contributed by atoms with van der Waals surface area (Å²) in [6.07, 6.45) is 1.95. The highest BCUT2D eigenvalue weighted by Gasteiger charge is 2.25. The molecule has 1 atom stereocenters. The molecule has 1 aromatic carbocycles. The summed E-state index contributed by atoms with van der Waals surface area (Å²) in [6, 6.07) is 10.3. The van der Waals surface area contributed by atoms with Crippen molar-refractivity contribution >= 4 is 32.7 Å². The number of aromatic amines is 1. The van der Waals surface area contributed by atoms with Crippen LogP contribution in [0, 0.1) is 0 Å². The molecule has 1 aliphatic heterocycles. The number of anilines is 1. The SMILES string of the molecule is NCC1CN(c2c(-c3ccccc3)cnc3[nH]nc(Br)c23)CCO1. The number of nitrogens with zero attached hydrogens (tertiary/aromatic N) is 3. The van der Waals surface area contributed by atoms with Gasteiger partial charge in [-0.05, 0) is 21.5 Å². The summed E-state index contributed by atoms with van der Waals surface area (Å²) >= 11 is 3.56. The van der Waals surface area contributed by atoms with Crippen LogP contribution >= 0.6 is 15.9 Å². The Labute approximate surface area is 148 Å². The summed E-state index contributed by atoms with van der Waals surface area (Å²) in [6.45, 7) is 2.74. The summed E-state index contributed by atoms with van der Waals surface area (Å²) in [4.78, 5) is 6.87. The molecule has 3 aromatic rings. The van der Waals surface area contributed by atoms with Crippen molar-refractivity contribution < 1.29 is 4.74 Å². The molecule has 1 unspecified atom stereocenters. The van der Waals surface area contributed by atoms with Crippen LogP contribution in [0.1, 0.15) is 0 Å². The highest BCUT2D eigenvalue weighted by molar-refractivity contribution is 9.10. The van der Waals surface area contributed by atoms with E-state index in [0.717, 1.165) is 45.5 Å². The Bertz CT molecular complexity index is 851. The van der Waals surface area contributed by atoms with Crippen LogP contribution in [0.15, 0.2) is 41.1 Å². The maximum absolute atomic E-state index is 5.82. The van der Waals surface area contributed by atoms with Crippen molar-refractivity contribution in [1.29, 1.82) is 0 Å². The number of H-pyrrole nitrogens is 1. The maximum Gasteiger partial charge on any atom is 0.158 e. The van der Waals surface area contributed by atoms with E-state index in [-0.39, 0.29) is 6.10 Å². The lowest BCUT2D eigenvalue weighted by atomic mass is 10.0. The van der Waals surface area contributed by atoms with Crippen LogP contribution in [0.3, 0.4) is 0 Å². The van der Waals surface area contributed by atoms with Crippen molar-refractivity contribution in [3.8, 4) is 11.1 Å². The van der Waals surface area contributed by atoms with Crippen molar-refractivity contribution in [2.45, 2.75) is 6.10 Å². The molecule has 6 nitrogen and oxygen atoms in total. The molecule has 1 saturated heterocycles. The largest absolute Gasteiger partial charge is 0.373 e. The van der Waals surface area contributed by atoms with Crippen molar-refractivity contribution in [2.24, 2.45) is 5.73 Å². The zero-order chi connectivity index (χ0) is 16.5. The van der Waals surface area contributed by atoms with Gasteiger partial charge in [-0.3, -0.25) is 5.10 Å². The Morgan fingerprint density at radius 1 is 1.33 bits per heavy atom. The van der Waals surface area contributed by atoms with Gasteiger partial charge in [0.1, 0.15) is 4.60 Å². The first-order valence-electron chi connectivity index (χ1n) is 7.92. The molecule has 0 saturated carbocycles. The highest BCUT2D eigenvalue weighted by Crippen LogP contribution is 2.39. The summed E-state index contributed by atoms with van der Waals surface area (Å²) < 4.78 is 6.50. The molecule has 24 heavy (non-hydrogen) atoms. The average molecular weight is 388 g/mol. The van der Waals surface area contributed by atoms with E-state index in [0.29, 0.717) is 13.2 Å². The monoisotopic (exact) mass is 387 g/mol. The lowest BCUT2D eigenvalue weighted by Crippen LogP contribution is -2.46. The molecule has 4 rings (SSSR count). The molecule has 0 spiro atoms. The van der Waals surface area contributed by atoms with Crippen LogP contribution in [0.4, 0.5) is 5.69 Å². The summed E-state index contributed by atoms with van der Waals surface area (Å²) in [5.41, 5.74) is 9.93. The minimum atomic E-state index is 0.0382. The maximum atomic E-state index is 5.82. The summed E-state index contributed by atoms with van der Waals surface area (Å²) in [5.74, 6) is 0. The van der Waals surface area contributed by atoms with Gasteiger partial charge in [0.15, 0.2) is 5.65 Å². The minimum absolute atomic E-state index is 0.0382. The number of hydrogen-bond acceptors (Lipinski definition) is 5. The number of halogens is 1. The number of nitrogens with one attached hydrogen (secondary N) is 1. The fourth-order valence-corrected chi connectivity index (χ4v) is 3.63. The molecule has 2 aromatic heterocycles. The van der Waals surface area contributed by atoms with E-state index in [1.165, 1.54) is 0 Å². The van der Waals surface area contributed by atoms with Gasteiger partial charge in [0.05, 0.1) is 23.8 Å². The van der Waals surface area contributed by atoms with Gasteiger partial charge >= 0.3 is 0 Å². The molecule has 1 fully saturated rings. The predicted octanol–water partition coefficient (Wildman–Crippen LogP) is 2.55. The first-order valence-corrected chi connectivity index (χ1v) is 8.72.